The molecule has 23 heavy (non-hydrogen) atoms. The van der Waals surface area contributed by atoms with Crippen molar-refractivity contribution in [2.24, 2.45) is 10.9 Å². The van der Waals surface area contributed by atoms with E-state index in [1.54, 1.807) is 7.11 Å². The maximum Gasteiger partial charge on any atom is 0.225 e. The first-order chi connectivity index (χ1) is 11.3. The van der Waals surface area contributed by atoms with E-state index in [4.69, 9.17) is 9.47 Å². The molecule has 1 aliphatic heterocycles. The zero-order valence-electron chi connectivity index (χ0n) is 14.7. The van der Waals surface area contributed by atoms with Crippen molar-refractivity contribution in [2.75, 3.05) is 13.7 Å². The van der Waals surface area contributed by atoms with E-state index in [2.05, 4.69) is 35.6 Å². The lowest BCUT2D eigenvalue weighted by atomic mass is 9.88. The topological polar surface area (TPSA) is 42.9 Å². The van der Waals surface area contributed by atoms with Crippen LogP contribution in [0.15, 0.2) is 28.9 Å². The van der Waals surface area contributed by atoms with Gasteiger partial charge in [-0.3, -0.25) is 0 Å². The molecule has 2 rings (SSSR count). The molecular weight excluding hydrogens is 288 g/mol. The van der Waals surface area contributed by atoms with Crippen molar-refractivity contribution in [3.63, 3.8) is 0 Å². The van der Waals surface area contributed by atoms with E-state index in [9.17, 15) is 0 Å². The van der Waals surface area contributed by atoms with Crippen molar-refractivity contribution >= 4 is 6.21 Å². The van der Waals surface area contributed by atoms with Gasteiger partial charge < -0.3 is 14.8 Å². The number of methoxy groups -OCH3 is 1. The summed E-state index contributed by atoms with van der Waals surface area (Å²) in [5, 5.41) is 3.26. The molecule has 4 heteroatoms. The summed E-state index contributed by atoms with van der Waals surface area (Å²) in [6.45, 7) is 3.03. The highest BCUT2D eigenvalue weighted by atomic mass is 16.5. The maximum absolute atomic E-state index is 5.77. The van der Waals surface area contributed by atoms with Crippen LogP contribution in [0.2, 0.25) is 0 Å². The Bertz CT molecular complexity index is 418. The first-order valence-corrected chi connectivity index (χ1v) is 9.15. The van der Waals surface area contributed by atoms with Gasteiger partial charge in [0.1, 0.15) is 0 Å². The van der Waals surface area contributed by atoms with Gasteiger partial charge in [-0.1, -0.05) is 51.2 Å². The predicted octanol–water partition coefficient (Wildman–Crippen LogP) is 4.19. The molecule has 0 aromatic rings. The van der Waals surface area contributed by atoms with E-state index in [1.165, 1.54) is 37.7 Å². The lowest BCUT2D eigenvalue weighted by Gasteiger charge is -2.25. The zero-order valence-corrected chi connectivity index (χ0v) is 14.7. The quantitative estimate of drug-likeness (QED) is 0.485. The molecule has 0 bridgehead atoms. The molecule has 4 nitrogen and oxygen atoms in total. The zero-order chi connectivity index (χ0) is 16.3. The van der Waals surface area contributed by atoms with Gasteiger partial charge in [0.15, 0.2) is 0 Å². The molecule has 1 heterocycles. The van der Waals surface area contributed by atoms with Gasteiger partial charge in [-0.25, -0.2) is 4.99 Å². The average molecular weight is 320 g/mol. The molecule has 3 atom stereocenters. The van der Waals surface area contributed by atoms with Crippen molar-refractivity contribution < 1.29 is 9.47 Å². The summed E-state index contributed by atoms with van der Waals surface area (Å²) >= 11 is 0. The van der Waals surface area contributed by atoms with E-state index in [0.717, 1.165) is 25.9 Å². The van der Waals surface area contributed by atoms with Gasteiger partial charge in [-0.2, -0.15) is 0 Å². The van der Waals surface area contributed by atoms with E-state index in [0.29, 0.717) is 5.92 Å². The SMILES string of the molecule is CCCCCCCCOC1N=CC(C2C=CC(OC)CC2)=CN1. The summed E-state index contributed by atoms with van der Waals surface area (Å²) in [5.74, 6) is 0.442. The van der Waals surface area contributed by atoms with Crippen LogP contribution < -0.4 is 5.32 Å². The molecule has 2 aliphatic rings. The minimum atomic E-state index is -0.214. The van der Waals surface area contributed by atoms with Crippen LogP contribution in [0.1, 0.15) is 58.3 Å². The molecule has 0 amide bonds. The molecule has 130 valence electrons. The van der Waals surface area contributed by atoms with E-state index >= 15 is 0 Å². The number of allylic oxidation sites excluding steroid dienone is 2. The van der Waals surface area contributed by atoms with Gasteiger partial charge in [0.25, 0.3) is 0 Å². The Morgan fingerprint density at radius 1 is 1.13 bits per heavy atom. The highest BCUT2D eigenvalue weighted by Crippen LogP contribution is 2.25. The Morgan fingerprint density at radius 2 is 1.96 bits per heavy atom. The number of aliphatic imine (C=N–C) groups is 1. The van der Waals surface area contributed by atoms with Crippen molar-refractivity contribution in [1.29, 1.82) is 0 Å². The van der Waals surface area contributed by atoms with Crippen LogP contribution in [0.5, 0.6) is 0 Å². The first-order valence-electron chi connectivity index (χ1n) is 9.15. The van der Waals surface area contributed by atoms with Gasteiger partial charge >= 0.3 is 0 Å². The molecule has 0 saturated carbocycles. The van der Waals surface area contributed by atoms with E-state index in [1.807, 2.05) is 6.21 Å². The fourth-order valence-corrected chi connectivity index (χ4v) is 3.04. The first kappa shape index (κ1) is 18.2. The van der Waals surface area contributed by atoms with Gasteiger partial charge in [0.2, 0.25) is 6.35 Å². The number of hydrogen-bond acceptors (Lipinski definition) is 4. The van der Waals surface area contributed by atoms with Crippen LogP contribution in [0.3, 0.4) is 0 Å². The minimum absolute atomic E-state index is 0.214. The molecule has 3 unspecified atom stereocenters. The van der Waals surface area contributed by atoms with Crippen molar-refractivity contribution in [1.82, 2.24) is 5.32 Å². The molecule has 1 N–H and O–H groups in total. The fourth-order valence-electron chi connectivity index (χ4n) is 3.04. The summed E-state index contributed by atoms with van der Waals surface area (Å²) in [5.41, 5.74) is 1.23. The van der Waals surface area contributed by atoms with E-state index < -0.39 is 0 Å². The molecule has 0 aromatic heterocycles. The molecule has 0 radical (unpaired) electrons. The third-order valence-corrected chi connectivity index (χ3v) is 4.58. The summed E-state index contributed by atoms with van der Waals surface area (Å²) in [6.07, 6.45) is 18.3. The Balaban J connectivity index is 1.60. The average Bonchev–Trinajstić information content (AvgIpc) is 2.61. The molecule has 0 fully saturated rings. The number of nitrogens with zero attached hydrogens (tertiary/aromatic N) is 1. The highest BCUT2D eigenvalue weighted by molar-refractivity contribution is 5.80. The third kappa shape index (κ3) is 6.48. The van der Waals surface area contributed by atoms with Gasteiger partial charge in [0.05, 0.1) is 12.7 Å². The van der Waals surface area contributed by atoms with Crippen molar-refractivity contribution in [3.05, 3.63) is 23.9 Å². The number of rotatable bonds is 10. The number of hydrogen-bond donors (Lipinski definition) is 1. The number of unbranched alkanes of at least 4 members (excludes halogenated alkanes) is 5. The van der Waals surface area contributed by atoms with Crippen molar-refractivity contribution in [3.8, 4) is 0 Å². The smallest absolute Gasteiger partial charge is 0.225 e. The van der Waals surface area contributed by atoms with Gasteiger partial charge in [-0.15, -0.1) is 0 Å². The van der Waals surface area contributed by atoms with E-state index in [-0.39, 0.29) is 12.5 Å². The number of nitrogens with one attached hydrogen (secondary N) is 1. The Morgan fingerprint density at radius 3 is 2.61 bits per heavy atom. The van der Waals surface area contributed by atoms with Crippen LogP contribution in [0, 0.1) is 5.92 Å². The third-order valence-electron chi connectivity index (χ3n) is 4.58. The van der Waals surface area contributed by atoms with Gasteiger partial charge in [-0.05, 0) is 24.8 Å². The number of ether oxygens (including phenoxy) is 2. The van der Waals surface area contributed by atoms with Crippen LogP contribution in [0.25, 0.3) is 0 Å². The second-order valence-electron chi connectivity index (χ2n) is 6.42. The summed E-state index contributed by atoms with van der Waals surface area (Å²) in [4.78, 5) is 4.48. The molecule has 0 saturated heterocycles. The molecular formula is C19H32N2O2. The normalized spacial score (nSPS) is 26.9. The highest BCUT2D eigenvalue weighted by Gasteiger charge is 2.20. The predicted molar refractivity (Wildman–Crippen MR) is 95.5 cm³/mol. The minimum Gasteiger partial charge on any atom is -0.377 e. The maximum atomic E-state index is 5.77. The molecule has 0 aromatic carbocycles. The second kappa shape index (κ2) is 10.6. The molecule has 0 spiro atoms. The van der Waals surface area contributed by atoms with Crippen LogP contribution in [0.4, 0.5) is 0 Å². The van der Waals surface area contributed by atoms with Crippen LogP contribution in [-0.4, -0.2) is 32.4 Å². The Kier molecular flexibility index (Phi) is 8.40. The van der Waals surface area contributed by atoms with Gasteiger partial charge in [0, 0.05) is 25.4 Å². The standard InChI is InChI=1S/C19H32N2O2/c1-3-4-5-6-7-8-13-23-19-20-14-17(15-21-19)16-9-11-18(22-2)12-10-16/h9,11,14-16,18-20H,3-8,10,12-13H2,1-2H3. The van der Waals surface area contributed by atoms with Crippen LogP contribution in [-0.2, 0) is 9.47 Å². The second-order valence-corrected chi connectivity index (χ2v) is 6.42. The largest absolute Gasteiger partial charge is 0.377 e. The Hall–Kier alpha value is -1.13. The lowest BCUT2D eigenvalue weighted by Crippen LogP contribution is -2.31. The Labute approximate surface area is 141 Å². The fraction of sp³-hybridized carbons (Fsp3) is 0.737. The molecule has 1 aliphatic carbocycles. The van der Waals surface area contributed by atoms with Crippen LogP contribution >= 0.6 is 0 Å². The summed E-state index contributed by atoms with van der Waals surface area (Å²) in [6, 6.07) is 0. The lowest BCUT2D eigenvalue weighted by molar-refractivity contribution is 0.0421. The monoisotopic (exact) mass is 320 g/mol. The summed E-state index contributed by atoms with van der Waals surface area (Å²) < 4.78 is 11.1. The van der Waals surface area contributed by atoms with Crippen molar-refractivity contribution in [2.45, 2.75) is 70.7 Å². The summed E-state index contributed by atoms with van der Waals surface area (Å²) in [7, 11) is 1.77.